The molecule has 1 aromatic carbocycles. The lowest BCUT2D eigenvalue weighted by atomic mass is 10.3. The number of pyridine rings is 1. The Morgan fingerprint density at radius 3 is 2.32 bits per heavy atom. The zero-order valence-electron chi connectivity index (χ0n) is 12.3. The zero-order chi connectivity index (χ0) is 15.0. The maximum atomic E-state index is 12.9. The van der Waals surface area contributed by atoms with E-state index in [1.165, 1.54) is 0 Å². The Bertz CT molecular complexity index is 903. The summed E-state index contributed by atoms with van der Waals surface area (Å²) in [5, 5.41) is 2.99. The van der Waals surface area contributed by atoms with Gasteiger partial charge in [-0.15, -0.1) is 12.4 Å². The molecule has 4 nitrogen and oxygen atoms in total. The Labute approximate surface area is 136 Å². The molecule has 3 aromatic rings. The number of rotatable bonds is 3. The molecule has 6 heteroatoms. The molecule has 0 aliphatic rings. The molecule has 2 aromatic heterocycles. The molecule has 0 aliphatic carbocycles. The van der Waals surface area contributed by atoms with E-state index in [1.54, 1.807) is 37.4 Å². The van der Waals surface area contributed by atoms with Gasteiger partial charge in [0.2, 0.25) is 9.84 Å². The van der Waals surface area contributed by atoms with E-state index in [1.807, 2.05) is 35.7 Å². The molecule has 0 spiro atoms. The zero-order valence-corrected chi connectivity index (χ0v) is 13.9. The van der Waals surface area contributed by atoms with Gasteiger partial charge in [-0.25, -0.2) is 8.42 Å². The molecular weight excluding hydrogens is 320 g/mol. The van der Waals surface area contributed by atoms with Crippen molar-refractivity contribution in [2.75, 3.05) is 12.4 Å². The number of hydrogen-bond acceptors (Lipinski definition) is 3. The second kappa shape index (κ2) is 6.02. The maximum Gasteiger partial charge on any atom is 0.210 e. The lowest BCUT2D eigenvalue weighted by Crippen LogP contribution is -2.04. The molecule has 0 radical (unpaired) electrons. The van der Waals surface area contributed by atoms with Crippen LogP contribution in [0.3, 0.4) is 0 Å². The molecule has 0 saturated carbocycles. The standard InChI is InChI=1S/C16H16N2O2S.ClH/c1-12-7-6-10-15-16(14(17-2)11-18(12)15)21(19,20)13-8-4-3-5-9-13;/h3-11,17H,1-2H3;1H. The van der Waals surface area contributed by atoms with Crippen molar-refractivity contribution in [1.82, 2.24) is 4.40 Å². The summed E-state index contributed by atoms with van der Waals surface area (Å²) < 4.78 is 27.8. The molecule has 0 bridgehead atoms. The maximum absolute atomic E-state index is 12.9. The Kier molecular flexibility index (Phi) is 4.49. The van der Waals surface area contributed by atoms with Crippen molar-refractivity contribution in [1.29, 1.82) is 0 Å². The summed E-state index contributed by atoms with van der Waals surface area (Å²) in [6.07, 6.45) is 1.82. The number of halogens is 1. The first-order chi connectivity index (χ1) is 10.1. The van der Waals surface area contributed by atoms with Gasteiger partial charge in [0.05, 0.1) is 16.1 Å². The molecule has 0 unspecified atom stereocenters. The van der Waals surface area contributed by atoms with Gasteiger partial charge in [-0.1, -0.05) is 24.3 Å². The van der Waals surface area contributed by atoms with Crippen LogP contribution in [0, 0.1) is 6.92 Å². The summed E-state index contributed by atoms with van der Waals surface area (Å²) in [6, 6.07) is 14.1. The van der Waals surface area contributed by atoms with Gasteiger partial charge in [-0.3, -0.25) is 0 Å². The number of benzene rings is 1. The van der Waals surface area contributed by atoms with Crippen molar-refractivity contribution in [3.05, 3.63) is 60.4 Å². The number of aromatic nitrogens is 1. The van der Waals surface area contributed by atoms with Crippen LogP contribution in [0.1, 0.15) is 5.69 Å². The number of nitrogens with zero attached hydrogens (tertiary/aromatic N) is 1. The average molecular weight is 337 g/mol. The molecular formula is C16H17ClN2O2S. The van der Waals surface area contributed by atoms with Gasteiger partial charge in [0.1, 0.15) is 4.90 Å². The third-order valence-corrected chi connectivity index (χ3v) is 5.42. The van der Waals surface area contributed by atoms with Crippen molar-refractivity contribution < 1.29 is 8.42 Å². The van der Waals surface area contributed by atoms with Gasteiger partial charge >= 0.3 is 0 Å². The highest BCUT2D eigenvalue weighted by molar-refractivity contribution is 7.91. The summed E-state index contributed by atoms with van der Waals surface area (Å²) in [4.78, 5) is 0.621. The predicted octanol–water partition coefficient (Wildman–Crippen LogP) is 3.54. The Morgan fingerprint density at radius 1 is 1.00 bits per heavy atom. The van der Waals surface area contributed by atoms with Crippen LogP contribution in [0.5, 0.6) is 0 Å². The van der Waals surface area contributed by atoms with E-state index in [2.05, 4.69) is 5.32 Å². The van der Waals surface area contributed by atoms with Crippen molar-refractivity contribution in [2.24, 2.45) is 0 Å². The Balaban J connectivity index is 0.00000176. The summed E-state index contributed by atoms with van der Waals surface area (Å²) in [5.41, 5.74) is 2.27. The first kappa shape index (κ1) is 16.4. The minimum absolute atomic E-state index is 0. The largest absolute Gasteiger partial charge is 0.386 e. The van der Waals surface area contributed by atoms with E-state index in [9.17, 15) is 8.42 Å². The topological polar surface area (TPSA) is 50.6 Å². The van der Waals surface area contributed by atoms with Crippen LogP contribution in [0.25, 0.3) is 5.52 Å². The highest BCUT2D eigenvalue weighted by Gasteiger charge is 2.25. The van der Waals surface area contributed by atoms with Gasteiger partial charge in [-0.2, -0.15) is 0 Å². The second-order valence-corrected chi connectivity index (χ2v) is 6.75. The second-order valence-electron chi connectivity index (χ2n) is 4.86. The first-order valence-corrected chi connectivity index (χ1v) is 8.12. The smallest absolute Gasteiger partial charge is 0.210 e. The molecule has 1 N–H and O–H groups in total. The van der Waals surface area contributed by atoms with Crippen LogP contribution in [-0.2, 0) is 9.84 Å². The normalized spacial score (nSPS) is 11.2. The summed E-state index contributed by atoms with van der Waals surface area (Å²) in [7, 11) is -1.83. The first-order valence-electron chi connectivity index (χ1n) is 6.64. The van der Waals surface area contributed by atoms with Crippen LogP contribution in [0.15, 0.2) is 64.5 Å². The van der Waals surface area contributed by atoms with E-state index in [0.29, 0.717) is 21.0 Å². The van der Waals surface area contributed by atoms with Crippen LogP contribution in [0.2, 0.25) is 0 Å². The monoisotopic (exact) mass is 336 g/mol. The van der Waals surface area contributed by atoms with Crippen LogP contribution >= 0.6 is 12.4 Å². The molecule has 116 valence electrons. The van der Waals surface area contributed by atoms with E-state index >= 15 is 0 Å². The number of fused-ring (bicyclic) bond motifs is 1. The minimum Gasteiger partial charge on any atom is -0.386 e. The minimum atomic E-state index is -3.57. The molecule has 22 heavy (non-hydrogen) atoms. The van der Waals surface area contributed by atoms with Crippen molar-refractivity contribution in [3.63, 3.8) is 0 Å². The van der Waals surface area contributed by atoms with Crippen molar-refractivity contribution >= 4 is 33.4 Å². The van der Waals surface area contributed by atoms with Crippen molar-refractivity contribution in [2.45, 2.75) is 16.7 Å². The van der Waals surface area contributed by atoms with Gasteiger partial charge in [0.25, 0.3) is 0 Å². The Morgan fingerprint density at radius 2 is 1.68 bits per heavy atom. The average Bonchev–Trinajstić information content (AvgIpc) is 2.89. The van der Waals surface area contributed by atoms with Gasteiger partial charge in [0, 0.05) is 18.9 Å². The summed E-state index contributed by atoms with van der Waals surface area (Å²) in [5.74, 6) is 0. The summed E-state index contributed by atoms with van der Waals surface area (Å²) >= 11 is 0. The molecule has 2 heterocycles. The number of hydrogen-bond donors (Lipinski definition) is 1. The quantitative estimate of drug-likeness (QED) is 0.795. The van der Waals surface area contributed by atoms with Gasteiger partial charge in [0.15, 0.2) is 0 Å². The number of sulfone groups is 1. The van der Waals surface area contributed by atoms with Crippen LogP contribution in [0.4, 0.5) is 5.69 Å². The molecule has 3 rings (SSSR count). The lowest BCUT2D eigenvalue weighted by Gasteiger charge is -2.07. The SMILES string of the molecule is CNc1cn2c(C)cccc2c1S(=O)(=O)c1ccccc1.Cl. The summed E-state index contributed by atoms with van der Waals surface area (Å²) in [6.45, 7) is 1.95. The third kappa shape index (κ3) is 2.46. The number of nitrogens with one attached hydrogen (secondary N) is 1. The van der Waals surface area contributed by atoms with Crippen LogP contribution in [-0.4, -0.2) is 19.9 Å². The highest BCUT2D eigenvalue weighted by Crippen LogP contribution is 2.33. The number of aryl methyl sites for hydroxylation is 1. The van der Waals surface area contributed by atoms with Crippen molar-refractivity contribution in [3.8, 4) is 0 Å². The third-order valence-electron chi connectivity index (χ3n) is 3.56. The fourth-order valence-electron chi connectivity index (χ4n) is 2.49. The van der Waals surface area contributed by atoms with E-state index in [-0.39, 0.29) is 12.4 Å². The van der Waals surface area contributed by atoms with E-state index < -0.39 is 9.84 Å². The molecule has 0 fully saturated rings. The fourth-order valence-corrected chi connectivity index (χ4v) is 4.13. The van der Waals surface area contributed by atoms with Gasteiger partial charge in [-0.05, 0) is 31.2 Å². The number of anilines is 1. The van der Waals surface area contributed by atoms with Gasteiger partial charge < -0.3 is 9.72 Å². The van der Waals surface area contributed by atoms with Crippen LogP contribution < -0.4 is 5.32 Å². The molecule has 0 atom stereocenters. The molecule has 0 saturated heterocycles. The van der Waals surface area contributed by atoms with E-state index in [0.717, 1.165) is 5.69 Å². The highest BCUT2D eigenvalue weighted by atomic mass is 35.5. The van der Waals surface area contributed by atoms with E-state index in [4.69, 9.17) is 0 Å². The molecule has 0 aliphatic heterocycles. The fraction of sp³-hybridized carbons (Fsp3) is 0.125. The lowest BCUT2D eigenvalue weighted by molar-refractivity contribution is 0.597. The predicted molar refractivity (Wildman–Crippen MR) is 90.8 cm³/mol. The molecule has 0 amide bonds. The Hall–Kier alpha value is -1.98.